The van der Waals surface area contributed by atoms with E-state index in [4.69, 9.17) is 10.8 Å². The fourth-order valence-electron chi connectivity index (χ4n) is 2.17. The fraction of sp³-hybridized carbons (Fsp3) is 0.462. The highest BCUT2D eigenvalue weighted by Gasteiger charge is 2.28. The van der Waals surface area contributed by atoms with Gasteiger partial charge in [0.05, 0.1) is 10.5 Å². The first-order valence-electron chi connectivity index (χ1n) is 6.45. The number of aromatic carboxylic acids is 1. The molecule has 1 atom stereocenters. The standard InChI is InChI=1S/C13H18N2O4S/c1-8(6-9-2-3-9)15-20(18,19)12-7-10(14)4-5-11(12)13(16)17/h4-5,7-9,15H,2-3,6,14H2,1H3,(H,16,17). The number of hydrogen-bond donors (Lipinski definition) is 3. The Morgan fingerprint density at radius 3 is 2.70 bits per heavy atom. The van der Waals surface area contributed by atoms with E-state index in [1.54, 1.807) is 6.92 Å². The molecule has 4 N–H and O–H groups in total. The lowest BCUT2D eigenvalue weighted by Gasteiger charge is -2.15. The second-order valence-electron chi connectivity index (χ2n) is 5.26. The van der Waals surface area contributed by atoms with Crippen LogP contribution in [0.2, 0.25) is 0 Å². The Labute approximate surface area is 118 Å². The van der Waals surface area contributed by atoms with Gasteiger partial charge in [-0.2, -0.15) is 0 Å². The predicted molar refractivity (Wildman–Crippen MR) is 74.9 cm³/mol. The number of carboxylic acid groups (broad SMARTS) is 1. The van der Waals surface area contributed by atoms with Crippen LogP contribution in [0.4, 0.5) is 5.69 Å². The Morgan fingerprint density at radius 1 is 1.50 bits per heavy atom. The summed E-state index contributed by atoms with van der Waals surface area (Å²) in [5.74, 6) is -0.715. The number of nitrogens with one attached hydrogen (secondary N) is 1. The Kier molecular flexibility index (Phi) is 4.01. The van der Waals surface area contributed by atoms with Crippen LogP contribution in [0.5, 0.6) is 0 Å². The van der Waals surface area contributed by atoms with Gasteiger partial charge in [0, 0.05) is 11.7 Å². The maximum Gasteiger partial charge on any atom is 0.337 e. The topological polar surface area (TPSA) is 109 Å². The van der Waals surface area contributed by atoms with E-state index in [2.05, 4.69) is 4.72 Å². The van der Waals surface area contributed by atoms with E-state index in [9.17, 15) is 13.2 Å². The van der Waals surface area contributed by atoms with Crippen LogP contribution in [0.1, 0.15) is 36.5 Å². The molecule has 0 saturated heterocycles. The molecule has 0 amide bonds. The van der Waals surface area contributed by atoms with Crippen molar-refractivity contribution < 1.29 is 18.3 Å². The SMILES string of the molecule is CC(CC1CC1)NS(=O)(=O)c1cc(N)ccc1C(=O)O. The van der Waals surface area contributed by atoms with Gasteiger partial charge in [-0.3, -0.25) is 0 Å². The number of anilines is 1. The van der Waals surface area contributed by atoms with Crippen LogP contribution >= 0.6 is 0 Å². The fourth-order valence-corrected chi connectivity index (χ4v) is 3.66. The molecule has 0 aromatic heterocycles. The minimum atomic E-state index is -3.89. The van der Waals surface area contributed by atoms with Gasteiger partial charge in [0.25, 0.3) is 0 Å². The predicted octanol–water partition coefficient (Wildman–Crippen LogP) is 1.43. The molecule has 0 radical (unpaired) electrons. The summed E-state index contributed by atoms with van der Waals surface area (Å²) in [4.78, 5) is 10.8. The number of carbonyl (C=O) groups is 1. The molecule has 20 heavy (non-hydrogen) atoms. The van der Waals surface area contributed by atoms with Crippen LogP contribution in [0.3, 0.4) is 0 Å². The average molecular weight is 298 g/mol. The molecule has 1 aromatic carbocycles. The number of rotatable bonds is 6. The van der Waals surface area contributed by atoms with E-state index in [-0.39, 0.29) is 22.2 Å². The van der Waals surface area contributed by atoms with E-state index in [1.165, 1.54) is 18.2 Å². The summed E-state index contributed by atoms with van der Waals surface area (Å²) < 4.78 is 27.1. The maximum atomic E-state index is 12.3. The Bertz CT molecular complexity index is 623. The summed E-state index contributed by atoms with van der Waals surface area (Å²) >= 11 is 0. The Morgan fingerprint density at radius 2 is 2.15 bits per heavy atom. The zero-order valence-corrected chi connectivity index (χ0v) is 12.0. The molecule has 0 heterocycles. The van der Waals surface area contributed by atoms with Crippen molar-refractivity contribution in [3.63, 3.8) is 0 Å². The summed E-state index contributed by atoms with van der Waals surface area (Å²) in [5, 5.41) is 9.08. The van der Waals surface area contributed by atoms with Crippen molar-refractivity contribution in [1.82, 2.24) is 4.72 Å². The second kappa shape index (κ2) is 5.41. The highest BCUT2D eigenvalue weighted by atomic mass is 32.2. The largest absolute Gasteiger partial charge is 0.478 e. The zero-order valence-electron chi connectivity index (χ0n) is 11.2. The van der Waals surface area contributed by atoms with Crippen molar-refractivity contribution in [1.29, 1.82) is 0 Å². The molecule has 2 rings (SSSR count). The summed E-state index contributed by atoms with van der Waals surface area (Å²) in [6.45, 7) is 1.78. The maximum absolute atomic E-state index is 12.3. The van der Waals surface area contributed by atoms with Crippen molar-refractivity contribution in [3.05, 3.63) is 23.8 Å². The van der Waals surface area contributed by atoms with E-state index in [0.717, 1.165) is 19.3 Å². The van der Waals surface area contributed by atoms with E-state index >= 15 is 0 Å². The summed E-state index contributed by atoms with van der Waals surface area (Å²) in [5.41, 5.74) is 5.50. The van der Waals surface area contributed by atoms with Crippen LogP contribution in [-0.2, 0) is 10.0 Å². The third kappa shape index (κ3) is 3.49. The first-order chi connectivity index (χ1) is 9.29. The van der Waals surface area contributed by atoms with Crippen LogP contribution in [0.25, 0.3) is 0 Å². The molecule has 1 unspecified atom stereocenters. The molecule has 1 saturated carbocycles. The molecule has 1 fully saturated rings. The van der Waals surface area contributed by atoms with Crippen molar-refractivity contribution in [2.24, 2.45) is 5.92 Å². The Hall–Kier alpha value is -1.60. The molecule has 1 aliphatic carbocycles. The van der Waals surface area contributed by atoms with Gasteiger partial charge in [-0.15, -0.1) is 0 Å². The number of sulfonamides is 1. The van der Waals surface area contributed by atoms with Gasteiger partial charge < -0.3 is 10.8 Å². The molecule has 0 bridgehead atoms. The molecular weight excluding hydrogens is 280 g/mol. The van der Waals surface area contributed by atoms with Crippen LogP contribution in [0, 0.1) is 5.92 Å². The van der Waals surface area contributed by atoms with E-state index in [1.807, 2.05) is 0 Å². The summed E-state index contributed by atoms with van der Waals surface area (Å²) in [6, 6.07) is 3.53. The molecule has 110 valence electrons. The van der Waals surface area contributed by atoms with Gasteiger partial charge >= 0.3 is 5.97 Å². The summed E-state index contributed by atoms with van der Waals surface area (Å²) in [7, 11) is -3.89. The molecular formula is C13H18N2O4S. The highest BCUT2D eigenvalue weighted by molar-refractivity contribution is 7.89. The zero-order chi connectivity index (χ0) is 14.9. The number of benzene rings is 1. The summed E-state index contributed by atoms with van der Waals surface area (Å²) in [6.07, 6.45) is 3.03. The Balaban J connectivity index is 2.27. The van der Waals surface area contributed by atoms with Gasteiger partial charge in [-0.05, 0) is 37.5 Å². The van der Waals surface area contributed by atoms with Crippen LogP contribution in [-0.4, -0.2) is 25.5 Å². The van der Waals surface area contributed by atoms with E-state index < -0.39 is 16.0 Å². The average Bonchev–Trinajstić information content (AvgIpc) is 3.11. The molecule has 0 spiro atoms. The normalized spacial score (nSPS) is 16.9. The number of hydrogen-bond acceptors (Lipinski definition) is 4. The molecule has 1 aromatic rings. The quantitative estimate of drug-likeness (QED) is 0.688. The second-order valence-corrected chi connectivity index (χ2v) is 6.94. The molecule has 0 aliphatic heterocycles. The van der Waals surface area contributed by atoms with Gasteiger partial charge in [0.15, 0.2) is 0 Å². The van der Waals surface area contributed by atoms with Crippen molar-refractivity contribution >= 4 is 21.7 Å². The number of carboxylic acids is 1. The molecule has 1 aliphatic rings. The van der Waals surface area contributed by atoms with Crippen LogP contribution in [0.15, 0.2) is 23.1 Å². The highest BCUT2D eigenvalue weighted by Crippen LogP contribution is 2.33. The third-order valence-electron chi connectivity index (χ3n) is 3.27. The number of nitrogens with two attached hydrogens (primary N) is 1. The van der Waals surface area contributed by atoms with Gasteiger partial charge in [-0.25, -0.2) is 17.9 Å². The van der Waals surface area contributed by atoms with Gasteiger partial charge in [0.1, 0.15) is 0 Å². The van der Waals surface area contributed by atoms with Crippen LogP contribution < -0.4 is 10.5 Å². The first kappa shape index (κ1) is 14.8. The molecule has 6 nitrogen and oxygen atoms in total. The minimum Gasteiger partial charge on any atom is -0.478 e. The lowest BCUT2D eigenvalue weighted by Crippen LogP contribution is -2.33. The minimum absolute atomic E-state index is 0.213. The lowest BCUT2D eigenvalue weighted by atomic mass is 10.2. The van der Waals surface area contributed by atoms with Gasteiger partial charge in [-0.1, -0.05) is 12.8 Å². The third-order valence-corrected chi connectivity index (χ3v) is 4.90. The van der Waals surface area contributed by atoms with E-state index in [0.29, 0.717) is 5.92 Å². The smallest absolute Gasteiger partial charge is 0.337 e. The van der Waals surface area contributed by atoms with Crippen molar-refractivity contribution in [3.8, 4) is 0 Å². The van der Waals surface area contributed by atoms with Gasteiger partial charge in [0.2, 0.25) is 10.0 Å². The molecule has 7 heteroatoms. The monoisotopic (exact) mass is 298 g/mol. The lowest BCUT2D eigenvalue weighted by molar-refractivity contribution is 0.0692. The number of nitrogen functional groups attached to an aromatic ring is 1. The first-order valence-corrected chi connectivity index (χ1v) is 7.93. The van der Waals surface area contributed by atoms with Crippen molar-refractivity contribution in [2.45, 2.75) is 37.1 Å². The van der Waals surface area contributed by atoms with Crippen molar-refractivity contribution in [2.75, 3.05) is 5.73 Å².